The number of carbonyl (C=O) groups is 1. The van der Waals surface area contributed by atoms with Crippen molar-refractivity contribution in [2.75, 3.05) is 38.1 Å². The Morgan fingerprint density at radius 2 is 2.25 bits per heavy atom. The first-order valence-electron chi connectivity index (χ1n) is 6.50. The van der Waals surface area contributed by atoms with E-state index < -0.39 is 5.82 Å². The van der Waals surface area contributed by atoms with Crippen LogP contribution in [0.4, 0.5) is 14.9 Å². The SMILES string of the molecule is O=C(Nc1ccc(F)c(Cl)c1)N1CCN2CCOC2C1. The molecule has 1 N–H and O–H groups in total. The molecule has 5 nitrogen and oxygen atoms in total. The van der Waals surface area contributed by atoms with Gasteiger partial charge in [-0.25, -0.2) is 9.18 Å². The minimum Gasteiger partial charge on any atom is -0.360 e. The lowest BCUT2D eigenvalue weighted by atomic mass is 10.3. The number of ether oxygens (including phenoxy) is 1. The molecule has 0 radical (unpaired) electrons. The summed E-state index contributed by atoms with van der Waals surface area (Å²) >= 11 is 5.69. The Hall–Kier alpha value is -1.37. The van der Waals surface area contributed by atoms with E-state index in [4.69, 9.17) is 16.3 Å². The van der Waals surface area contributed by atoms with Crippen molar-refractivity contribution in [3.63, 3.8) is 0 Å². The van der Waals surface area contributed by atoms with E-state index in [1.165, 1.54) is 18.2 Å². The number of nitrogens with zero attached hydrogens (tertiary/aromatic N) is 2. The summed E-state index contributed by atoms with van der Waals surface area (Å²) in [5, 5.41) is 2.71. The van der Waals surface area contributed by atoms with Crippen LogP contribution in [0.2, 0.25) is 5.02 Å². The number of amides is 2. The summed E-state index contributed by atoms with van der Waals surface area (Å²) in [7, 11) is 0. The fourth-order valence-corrected chi connectivity index (χ4v) is 2.65. The molecule has 2 fully saturated rings. The fraction of sp³-hybridized carbons (Fsp3) is 0.462. The summed E-state index contributed by atoms with van der Waals surface area (Å²) in [4.78, 5) is 16.1. The summed E-state index contributed by atoms with van der Waals surface area (Å²) in [5.74, 6) is -0.502. The average Bonchev–Trinajstić information content (AvgIpc) is 2.90. The molecule has 1 unspecified atom stereocenters. The van der Waals surface area contributed by atoms with Gasteiger partial charge >= 0.3 is 6.03 Å². The summed E-state index contributed by atoms with van der Waals surface area (Å²) in [6, 6.07) is 3.90. The van der Waals surface area contributed by atoms with E-state index in [9.17, 15) is 9.18 Å². The second-order valence-electron chi connectivity index (χ2n) is 4.87. The van der Waals surface area contributed by atoms with E-state index in [2.05, 4.69) is 10.2 Å². The number of anilines is 1. The van der Waals surface area contributed by atoms with Gasteiger partial charge in [-0.05, 0) is 18.2 Å². The molecule has 20 heavy (non-hydrogen) atoms. The van der Waals surface area contributed by atoms with Gasteiger partial charge in [-0.2, -0.15) is 0 Å². The molecule has 2 amide bonds. The van der Waals surface area contributed by atoms with Crippen LogP contribution in [0.15, 0.2) is 18.2 Å². The molecule has 2 aliphatic rings. The van der Waals surface area contributed by atoms with Gasteiger partial charge in [0, 0.05) is 25.3 Å². The van der Waals surface area contributed by atoms with Crippen molar-refractivity contribution in [3.05, 3.63) is 29.0 Å². The molecule has 3 rings (SSSR count). The second kappa shape index (κ2) is 5.55. The standard InChI is InChI=1S/C13H15ClFN3O2/c14-10-7-9(1-2-11(10)15)16-13(19)18-4-3-17-5-6-20-12(17)8-18/h1-2,7,12H,3-6,8H2,(H,16,19). The van der Waals surface area contributed by atoms with Gasteiger partial charge in [0.15, 0.2) is 0 Å². The van der Waals surface area contributed by atoms with E-state index in [0.717, 1.165) is 13.1 Å². The van der Waals surface area contributed by atoms with Crippen molar-refractivity contribution in [2.24, 2.45) is 0 Å². The normalized spacial score (nSPS) is 22.7. The van der Waals surface area contributed by atoms with E-state index in [0.29, 0.717) is 25.4 Å². The number of rotatable bonds is 1. The number of urea groups is 1. The maximum Gasteiger partial charge on any atom is 0.322 e. The number of nitrogens with one attached hydrogen (secondary N) is 1. The number of piperazine rings is 1. The summed E-state index contributed by atoms with van der Waals surface area (Å²) in [5.41, 5.74) is 0.483. The Balaban J connectivity index is 1.62. The molecule has 0 aliphatic carbocycles. The molecular weight excluding hydrogens is 285 g/mol. The van der Waals surface area contributed by atoms with Crippen molar-refractivity contribution in [1.82, 2.24) is 9.80 Å². The van der Waals surface area contributed by atoms with Gasteiger partial charge in [0.1, 0.15) is 12.0 Å². The number of carbonyl (C=O) groups excluding carboxylic acids is 1. The Labute approximate surface area is 121 Å². The highest BCUT2D eigenvalue weighted by molar-refractivity contribution is 6.31. The monoisotopic (exact) mass is 299 g/mol. The van der Waals surface area contributed by atoms with Crippen LogP contribution in [-0.4, -0.2) is 54.8 Å². The first-order chi connectivity index (χ1) is 9.63. The van der Waals surface area contributed by atoms with Crippen LogP contribution < -0.4 is 5.32 Å². The second-order valence-corrected chi connectivity index (χ2v) is 5.27. The van der Waals surface area contributed by atoms with Crippen LogP contribution in [0.3, 0.4) is 0 Å². The predicted molar refractivity (Wildman–Crippen MR) is 73.3 cm³/mol. The Morgan fingerprint density at radius 1 is 1.40 bits per heavy atom. The molecule has 2 saturated heterocycles. The topological polar surface area (TPSA) is 44.8 Å². The number of hydrogen-bond donors (Lipinski definition) is 1. The summed E-state index contributed by atoms with van der Waals surface area (Å²) < 4.78 is 18.6. The van der Waals surface area contributed by atoms with Crippen LogP contribution in [0.5, 0.6) is 0 Å². The zero-order valence-electron chi connectivity index (χ0n) is 10.8. The van der Waals surface area contributed by atoms with E-state index in [-0.39, 0.29) is 17.3 Å². The number of hydrogen-bond acceptors (Lipinski definition) is 3. The summed E-state index contributed by atoms with van der Waals surface area (Å²) in [6.07, 6.45) is -0.00805. The van der Waals surface area contributed by atoms with Crippen LogP contribution in [-0.2, 0) is 4.74 Å². The lowest BCUT2D eigenvalue weighted by molar-refractivity contribution is -0.0127. The zero-order chi connectivity index (χ0) is 14.1. The van der Waals surface area contributed by atoms with Gasteiger partial charge in [-0.1, -0.05) is 11.6 Å². The van der Waals surface area contributed by atoms with Crippen molar-refractivity contribution in [2.45, 2.75) is 6.23 Å². The van der Waals surface area contributed by atoms with Gasteiger partial charge in [0.2, 0.25) is 0 Å². The molecule has 0 aromatic heterocycles. The van der Waals surface area contributed by atoms with Gasteiger partial charge in [0.05, 0.1) is 18.2 Å². The molecule has 108 valence electrons. The van der Waals surface area contributed by atoms with Gasteiger partial charge in [-0.3, -0.25) is 4.90 Å². The van der Waals surface area contributed by atoms with E-state index >= 15 is 0 Å². The maximum atomic E-state index is 13.1. The Kier molecular flexibility index (Phi) is 3.78. The predicted octanol–water partition coefficient (Wildman–Crippen LogP) is 1.98. The number of fused-ring (bicyclic) bond motifs is 1. The molecule has 0 spiro atoms. The zero-order valence-corrected chi connectivity index (χ0v) is 11.6. The van der Waals surface area contributed by atoms with E-state index in [1.807, 2.05) is 0 Å². The van der Waals surface area contributed by atoms with Crippen molar-refractivity contribution >= 4 is 23.3 Å². The highest BCUT2D eigenvalue weighted by Gasteiger charge is 2.33. The molecular formula is C13H15ClFN3O2. The first-order valence-corrected chi connectivity index (χ1v) is 6.88. The maximum absolute atomic E-state index is 13.1. The molecule has 2 aliphatic heterocycles. The first kappa shape index (κ1) is 13.6. The average molecular weight is 300 g/mol. The third-order valence-electron chi connectivity index (χ3n) is 3.59. The molecule has 1 aromatic rings. The smallest absolute Gasteiger partial charge is 0.322 e. The molecule has 2 heterocycles. The minimum atomic E-state index is -0.502. The van der Waals surface area contributed by atoms with Gasteiger partial charge in [-0.15, -0.1) is 0 Å². The van der Waals surface area contributed by atoms with Crippen LogP contribution >= 0.6 is 11.6 Å². The van der Waals surface area contributed by atoms with Crippen LogP contribution in [0.25, 0.3) is 0 Å². The Morgan fingerprint density at radius 3 is 3.05 bits per heavy atom. The van der Waals surface area contributed by atoms with Crippen molar-refractivity contribution in [1.29, 1.82) is 0 Å². The van der Waals surface area contributed by atoms with Crippen molar-refractivity contribution in [3.8, 4) is 0 Å². The molecule has 0 bridgehead atoms. The lowest BCUT2D eigenvalue weighted by Crippen LogP contribution is -2.53. The number of halogens is 2. The quantitative estimate of drug-likeness (QED) is 0.862. The Bertz CT molecular complexity index is 528. The van der Waals surface area contributed by atoms with Gasteiger partial charge in [0.25, 0.3) is 0 Å². The van der Waals surface area contributed by atoms with Crippen molar-refractivity contribution < 1.29 is 13.9 Å². The third-order valence-corrected chi connectivity index (χ3v) is 3.88. The molecule has 1 aromatic carbocycles. The summed E-state index contributed by atoms with van der Waals surface area (Å²) in [6.45, 7) is 3.64. The highest BCUT2D eigenvalue weighted by atomic mass is 35.5. The molecule has 0 saturated carbocycles. The van der Waals surface area contributed by atoms with Crippen LogP contribution in [0, 0.1) is 5.82 Å². The van der Waals surface area contributed by atoms with Crippen LogP contribution in [0.1, 0.15) is 0 Å². The molecule has 7 heteroatoms. The van der Waals surface area contributed by atoms with Gasteiger partial charge < -0.3 is 15.0 Å². The number of benzene rings is 1. The third kappa shape index (κ3) is 2.72. The fourth-order valence-electron chi connectivity index (χ4n) is 2.47. The molecule has 1 atom stereocenters. The lowest BCUT2D eigenvalue weighted by Gasteiger charge is -2.36. The largest absolute Gasteiger partial charge is 0.360 e. The highest BCUT2D eigenvalue weighted by Crippen LogP contribution is 2.21. The van der Waals surface area contributed by atoms with E-state index in [1.54, 1.807) is 4.90 Å². The minimum absolute atomic E-state index is 0.00764.